The maximum atomic E-state index is 11.1. The van der Waals surface area contributed by atoms with Crippen molar-refractivity contribution >= 4 is 10.9 Å². The lowest BCUT2D eigenvalue weighted by molar-refractivity contribution is 0.243. The monoisotopic (exact) mass is 203 g/mol. The summed E-state index contributed by atoms with van der Waals surface area (Å²) in [5, 5.41) is 0.979. The molecule has 3 heteroatoms. The molecule has 1 aromatic carbocycles. The zero-order valence-corrected chi connectivity index (χ0v) is 8.78. The van der Waals surface area contributed by atoms with Gasteiger partial charge < -0.3 is 9.72 Å². The van der Waals surface area contributed by atoms with E-state index in [0.717, 1.165) is 16.7 Å². The molecule has 0 fully saturated rings. The van der Waals surface area contributed by atoms with E-state index < -0.39 is 0 Å². The van der Waals surface area contributed by atoms with Crippen molar-refractivity contribution < 1.29 is 4.74 Å². The van der Waals surface area contributed by atoms with Gasteiger partial charge in [-0.25, -0.2) is 0 Å². The van der Waals surface area contributed by atoms with E-state index in [1.807, 2.05) is 32.0 Å². The summed E-state index contributed by atoms with van der Waals surface area (Å²) in [7, 11) is 0. The molecule has 0 aliphatic rings. The van der Waals surface area contributed by atoms with E-state index in [1.54, 1.807) is 6.07 Å². The average Bonchev–Trinajstić information content (AvgIpc) is 2.17. The van der Waals surface area contributed by atoms with E-state index in [4.69, 9.17) is 4.74 Å². The zero-order chi connectivity index (χ0) is 10.8. The second kappa shape index (κ2) is 3.77. The highest BCUT2D eigenvalue weighted by molar-refractivity contribution is 5.79. The molecule has 0 unspecified atom stereocenters. The van der Waals surface area contributed by atoms with Gasteiger partial charge in [0, 0.05) is 17.0 Å². The van der Waals surface area contributed by atoms with Crippen molar-refractivity contribution in [3.8, 4) is 5.75 Å². The van der Waals surface area contributed by atoms with Crippen molar-refractivity contribution in [3.63, 3.8) is 0 Å². The van der Waals surface area contributed by atoms with Crippen LogP contribution in [-0.4, -0.2) is 11.1 Å². The number of aromatic amines is 1. The number of rotatable bonds is 2. The lowest BCUT2D eigenvalue weighted by Crippen LogP contribution is -2.06. The summed E-state index contributed by atoms with van der Waals surface area (Å²) in [5.41, 5.74) is 0.749. The van der Waals surface area contributed by atoms with Crippen LogP contribution in [0.4, 0.5) is 0 Å². The van der Waals surface area contributed by atoms with Gasteiger partial charge in [-0.05, 0) is 38.1 Å². The molecule has 15 heavy (non-hydrogen) atoms. The Balaban J connectivity index is 2.47. The molecule has 2 rings (SSSR count). The Morgan fingerprint density at radius 3 is 2.73 bits per heavy atom. The first-order chi connectivity index (χ1) is 7.15. The zero-order valence-electron chi connectivity index (χ0n) is 8.78. The molecule has 0 amide bonds. The highest BCUT2D eigenvalue weighted by Gasteiger charge is 1.99. The van der Waals surface area contributed by atoms with Gasteiger partial charge in [0.05, 0.1) is 6.10 Å². The molecule has 1 heterocycles. The average molecular weight is 203 g/mol. The molecule has 0 aliphatic heterocycles. The third-order valence-corrected chi connectivity index (χ3v) is 2.07. The van der Waals surface area contributed by atoms with Crippen LogP contribution in [0.25, 0.3) is 10.9 Å². The van der Waals surface area contributed by atoms with Gasteiger partial charge in [-0.15, -0.1) is 0 Å². The fourth-order valence-electron chi connectivity index (χ4n) is 1.48. The summed E-state index contributed by atoms with van der Waals surface area (Å²) in [6.45, 7) is 3.97. The van der Waals surface area contributed by atoms with E-state index in [2.05, 4.69) is 4.98 Å². The highest BCUT2D eigenvalue weighted by atomic mass is 16.5. The molecule has 0 saturated heterocycles. The van der Waals surface area contributed by atoms with E-state index in [1.165, 1.54) is 6.07 Å². The maximum absolute atomic E-state index is 11.1. The normalized spacial score (nSPS) is 10.9. The van der Waals surface area contributed by atoms with Crippen molar-refractivity contribution in [2.75, 3.05) is 0 Å². The molecule has 0 atom stereocenters. The minimum Gasteiger partial charge on any atom is -0.491 e. The number of ether oxygens (including phenoxy) is 1. The number of benzene rings is 1. The van der Waals surface area contributed by atoms with Gasteiger partial charge >= 0.3 is 0 Å². The van der Waals surface area contributed by atoms with Crippen molar-refractivity contribution in [3.05, 3.63) is 40.7 Å². The van der Waals surface area contributed by atoms with Gasteiger partial charge in [0.15, 0.2) is 0 Å². The lowest BCUT2D eigenvalue weighted by atomic mass is 10.2. The van der Waals surface area contributed by atoms with Gasteiger partial charge in [-0.2, -0.15) is 0 Å². The van der Waals surface area contributed by atoms with Crippen molar-refractivity contribution in [2.24, 2.45) is 0 Å². The maximum Gasteiger partial charge on any atom is 0.248 e. The van der Waals surface area contributed by atoms with Gasteiger partial charge in [0.1, 0.15) is 5.75 Å². The van der Waals surface area contributed by atoms with Gasteiger partial charge in [0.25, 0.3) is 0 Å². The van der Waals surface area contributed by atoms with Gasteiger partial charge in [-0.3, -0.25) is 4.79 Å². The molecule has 0 spiro atoms. The van der Waals surface area contributed by atoms with Crippen LogP contribution >= 0.6 is 0 Å². The summed E-state index contributed by atoms with van der Waals surface area (Å²) < 4.78 is 5.56. The summed E-state index contributed by atoms with van der Waals surface area (Å²) in [6.07, 6.45) is 0.158. The topological polar surface area (TPSA) is 42.1 Å². The first kappa shape index (κ1) is 9.77. The number of aromatic nitrogens is 1. The molecule has 0 radical (unpaired) electrons. The standard InChI is InChI=1S/C12H13NO2/c1-8(2)15-10-4-5-11-9(7-10)3-6-12(14)13-11/h3-8H,1-2H3,(H,13,14). The minimum absolute atomic E-state index is 0.0833. The molecule has 1 aromatic heterocycles. The predicted molar refractivity (Wildman–Crippen MR) is 60.3 cm³/mol. The Bertz CT molecular complexity index is 528. The number of pyridine rings is 1. The second-order valence-electron chi connectivity index (χ2n) is 3.74. The van der Waals surface area contributed by atoms with E-state index in [-0.39, 0.29) is 11.7 Å². The SMILES string of the molecule is CC(C)Oc1ccc2[nH]c(=O)ccc2c1. The Labute approximate surface area is 87.7 Å². The molecule has 0 aliphatic carbocycles. The van der Waals surface area contributed by atoms with Crippen molar-refractivity contribution in [1.82, 2.24) is 4.98 Å². The molecular formula is C12H13NO2. The van der Waals surface area contributed by atoms with Crippen LogP contribution in [0.2, 0.25) is 0 Å². The fraction of sp³-hybridized carbons (Fsp3) is 0.250. The van der Waals surface area contributed by atoms with Crippen LogP contribution in [0.15, 0.2) is 35.1 Å². The number of hydrogen-bond acceptors (Lipinski definition) is 2. The number of nitrogens with one attached hydrogen (secondary N) is 1. The predicted octanol–water partition coefficient (Wildman–Crippen LogP) is 2.32. The van der Waals surface area contributed by atoms with Crippen LogP contribution in [-0.2, 0) is 0 Å². The van der Waals surface area contributed by atoms with Crippen molar-refractivity contribution in [2.45, 2.75) is 20.0 Å². The van der Waals surface area contributed by atoms with Gasteiger partial charge in [0.2, 0.25) is 5.56 Å². The van der Waals surface area contributed by atoms with Gasteiger partial charge in [-0.1, -0.05) is 0 Å². The first-order valence-electron chi connectivity index (χ1n) is 4.95. The number of H-pyrrole nitrogens is 1. The fourth-order valence-corrected chi connectivity index (χ4v) is 1.48. The van der Waals surface area contributed by atoms with E-state index in [0.29, 0.717) is 0 Å². The Morgan fingerprint density at radius 2 is 2.00 bits per heavy atom. The van der Waals surface area contributed by atoms with Crippen LogP contribution in [0.3, 0.4) is 0 Å². The molecular weight excluding hydrogens is 190 g/mol. The molecule has 3 nitrogen and oxygen atoms in total. The first-order valence-corrected chi connectivity index (χ1v) is 4.95. The molecule has 78 valence electrons. The van der Waals surface area contributed by atoms with Crippen LogP contribution in [0.1, 0.15) is 13.8 Å². The Morgan fingerprint density at radius 1 is 1.20 bits per heavy atom. The van der Waals surface area contributed by atoms with E-state index in [9.17, 15) is 4.79 Å². The number of fused-ring (bicyclic) bond motifs is 1. The third kappa shape index (κ3) is 2.18. The summed E-state index contributed by atoms with van der Waals surface area (Å²) in [6, 6.07) is 8.95. The second-order valence-corrected chi connectivity index (χ2v) is 3.74. The minimum atomic E-state index is -0.0833. The van der Waals surface area contributed by atoms with Crippen molar-refractivity contribution in [1.29, 1.82) is 0 Å². The summed E-state index contributed by atoms with van der Waals surface area (Å²) in [5.74, 6) is 0.824. The Kier molecular flexibility index (Phi) is 2.46. The molecule has 0 saturated carbocycles. The van der Waals surface area contributed by atoms with Crippen LogP contribution < -0.4 is 10.3 Å². The summed E-state index contributed by atoms with van der Waals surface area (Å²) in [4.78, 5) is 13.8. The van der Waals surface area contributed by atoms with Crippen LogP contribution in [0, 0.1) is 0 Å². The molecule has 1 N–H and O–H groups in total. The van der Waals surface area contributed by atoms with Crippen LogP contribution in [0.5, 0.6) is 5.75 Å². The smallest absolute Gasteiger partial charge is 0.248 e. The highest BCUT2D eigenvalue weighted by Crippen LogP contribution is 2.18. The van der Waals surface area contributed by atoms with E-state index >= 15 is 0 Å². The lowest BCUT2D eigenvalue weighted by Gasteiger charge is -2.09. The number of hydrogen-bond donors (Lipinski definition) is 1. The third-order valence-electron chi connectivity index (χ3n) is 2.07. The summed E-state index contributed by atoms with van der Waals surface area (Å²) >= 11 is 0. The quantitative estimate of drug-likeness (QED) is 0.813. The molecule has 0 bridgehead atoms. The molecule has 2 aromatic rings. The largest absolute Gasteiger partial charge is 0.491 e. The Hall–Kier alpha value is -1.77.